The fourth-order valence-electron chi connectivity index (χ4n) is 7.36. The summed E-state index contributed by atoms with van der Waals surface area (Å²) < 4.78 is 34.0. The Bertz CT molecular complexity index is 1110. The Morgan fingerprint density at radius 1 is 0.484 bits per heavy atom. The molecule has 0 rings (SSSR count). The number of carbonyl (C=O) groups excluding carboxylic acids is 2. The van der Waals surface area contributed by atoms with Crippen LogP contribution < -0.4 is 4.89 Å². The van der Waals surface area contributed by atoms with E-state index >= 15 is 0 Å². The molecule has 62 heavy (non-hydrogen) atoms. The molecule has 0 saturated heterocycles. The highest BCUT2D eigenvalue weighted by Crippen LogP contribution is 2.38. The quantitative estimate of drug-likeness (QED) is 0.0195. The highest BCUT2D eigenvalue weighted by Gasteiger charge is 2.21. The van der Waals surface area contributed by atoms with Crippen LogP contribution in [0.5, 0.6) is 0 Å². The zero-order valence-electron chi connectivity index (χ0n) is 41.3. The van der Waals surface area contributed by atoms with Crippen molar-refractivity contribution >= 4 is 19.8 Å². The molecule has 0 spiro atoms. The van der Waals surface area contributed by atoms with Crippen molar-refractivity contribution < 1.29 is 42.1 Å². The fourth-order valence-corrected chi connectivity index (χ4v) is 8.09. The predicted molar refractivity (Wildman–Crippen MR) is 259 cm³/mol. The summed E-state index contributed by atoms with van der Waals surface area (Å²) in [5, 5.41) is 0. The molecule has 0 aliphatic rings. The van der Waals surface area contributed by atoms with E-state index in [1.165, 1.54) is 167 Å². The number of hydrogen-bond acceptors (Lipinski definition) is 8. The molecule has 0 heterocycles. The van der Waals surface area contributed by atoms with Crippen LogP contribution in [-0.2, 0) is 32.7 Å². The summed E-state index contributed by atoms with van der Waals surface area (Å²) in [4.78, 5) is 37.7. The van der Waals surface area contributed by atoms with Gasteiger partial charge < -0.3 is 27.9 Å². The van der Waals surface area contributed by atoms with E-state index in [9.17, 15) is 19.0 Å². The van der Waals surface area contributed by atoms with Gasteiger partial charge in [-0.1, -0.05) is 199 Å². The molecule has 0 aromatic rings. The maximum Gasteiger partial charge on any atom is 0.306 e. The van der Waals surface area contributed by atoms with E-state index in [1.54, 1.807) is 0 Å². The highest BCUT2D eigenvalue weighted by molar-refractivity contribution is 7.45. The molecule has 0 saturated carbocycles. The van der Waals surface area contributed by atoms with Crippen molar-refractivity contribution in [2.24, 2.45) is 0 Å². The van der Waals surface area contributed by atoms with Crippen molar-refractivity contribution in [1.29, 1.82) is 0 Å². The Morgan fingerprint density at radius 2 is 0.839 bits per heavy atom. The molecule has 0 bridgehead atoms. The van der Waals surface area contributed by atoms with Crippen LogP contribution in [0.25, 0.3) is 0 Å². The predicted octanol–water partition coefficient (Wildman–Crippen LogP) is 14.8. The Hall–Kier alpha value is -1.51. The first-order valence-corrected chi connectivity index (χ1v) is 27.5. The third kappa shape index (κ3) is 48.0. The van der Waals surface area contributed by atoms with Crippen LogP contribution >= 0.6 is 7.82 Å². The van der Waals surface area contributed by atoms with Gasteiger partial charge in [0.25, 0.3) is 7.82 Å². The molecule has 1 unspecified atom stereocenters. The van der Waals surface area contributed by atoms with Crippen molar-refractivity contribution in [3.05, 3.63) is 24.3 Å². The number of carbonyl (C=O) groups is 2. The van der Waals surface area contributed by atoms with E-state index in [4.69, 9.17) is 18.5 Å². The van der Waals surface area contributed by atoms with Gasteiger partial charge in [0.15, 0.2) is 6.10 Å². The highest BCUT2D eigenvalue weighted by atomic mass is 31.2. The Morgan fingerprint density at radius 3 is 1.26 bits per heavy atom. The van der Waals surface area contributed by atoms with Crippen LogP contribution in [0.4, 0.5) is 0 Å². The maximum absolute atomic E-state index is 12.7. The lowest BCUT2D eigenvalue weighted by Crippen LogP contribution is -2.37. The maximum atomic E-state index is 12.7. The zero-order chi connectivity index (χ0) is 45.7. The van der Waals surface area contributed by atoms with Crippen LogP contribution in [-0.4, -0.2) is 70.0 Å². The van der Waals surface area contributed by atoms with E-state index in [-0.39, 0.29) is 26.1 Å². The summed E-state index contributed by atoms with van der Waals surface area (Å²) >= 11 is 0. The third-order valence-electron chi connectivity index (χ3n) is 11.4. The molecule has 0 aliphatic heterocycles. The van der Waals surface area contributed by atoms with Gasteiger partial charge in [0, 0.05) is 12.8 Å². The normalized spacial score (nSPS) is 13.6. The largest absolute Gasteiger partial charge is 0.756 e. The number of rotatable bonds is 48. The van der Waals surface area contributed by atoms with Gasteiger partial charge in [-0.05, 0) is 57.8 Å². The van der Waals surface area contributed by atoms with Crippen molar-refractivity contribution in [2.45, 2.75) is 251 Å². The molecule has 0 aliphatic carbocycles. The molecule has 0 amide bonds. The first-order valence-electron chi connectivity index (χ1n) is 26.0. The van der Waals surface area contributed by atoms with Gasteiger partial charge in [0.1, 0.15) is 19.8 Å². The monoisotopic (exact) mass is 898 g/mol. The van der Waals surface area contributed by atoms with E-state index in [0.29, 0.717) is 17.4 Å². The van der Waals surface area contributed by atoms with Crippen LogP contribution in [0.3, 0.4) is 0 Å². The van der Waals surface area contributed by atoms with Gasteiger partial charge in [-0.15, -0.1) is 0 Å². The number of esters is 2. The minimum atomic E-state index is -4.63. The number of quaternary nitrogens is 1. The van der Waals surface area contributed by atoms with Crippen LogP contribution in [0.1, 0.15) is 245 Å². The molecule has 0 N–H and O–H groups in total. The van der Waals surface area contributed by atoms with Gasteiger partial charge in [-0.3, -0.25) is 14.2 Å². The van der Waals surface area contributed by atoms with Crippen LogP contribution in [0.2, 0.25) is 0 Å². The number of phosphoric ester groups is 1. The molecule has 9 nitrogen and oxygen atoms in total. The average Bonchev–Trinajstić information content (AvgIpc) is 3.23. The minimum absolute atomic E-state index is 0.0344. The minimum Gasteiger partial charge on any atom is -0.756 e. The first kappa shape index (κ1) is 60.5. The van der Waals surface area contributed by atoms with Crippen molar-refractivity contribution in [2.75, 3.05) is 47.5 Å². The number of likely N-dealkylation sites (N-methyl/N-ethyl adjacent to an activating group) is 1. The Balaban J connectivity index is 4.23. The Labute approximate surface area is 383 Å². The number of nitrogens with zero attached hydrogens (tertiary/aromatic N) is 1. The second kappa shape index (κ2) is 44.7. The summed E-state index contributed by atoms with van der Waals surface area (Å²) in [5.74, 6) is -0.867. The summed E-state index contributed by atoms with van der Waals surface area (Å²) in [6.07, 6.45) is 50.8. The van der Waals surface area contributed by atoms with E-state index < -0.39 is 32.5 Å². The van der Waals surface area contributed by atoms with Gasteiger partial charge in [0.05, 0.1) is 27.7 Å². The van der Waals surface area contributed by atoms with Crippen molar-refractivity contribution in [3.8, 4) is 0 Å². The van der Waals surface area contributed by atoms with E-state index in [0.717, 1.165) is 44.9 Å². The summed E-state index contributed by atoms with van der Waals surface area (Å²) in [6.45, 7) is 4.22. The number of hydrogen-bond donors (Lipinski definition) is 0. The lowest BCUT2D eigenvalue weighted by Gasteiger charge is -2.28. The van der Waals surface area contributed by atoms with Crippen molar-refractivity contribution in [3.63, 3.8) is 0 Å². The topological polar surface area (TPSA) is 111 Å². The summed E-state index contributed by atoms with van der Waals surface area (Å²) in [5.41, 5.74) is 0. The van der Waals surface area contributed by atoms with Crippen LogP contribution in [0.15, 0.2) is 24.3 Å². The molecule has 0 fully saturated rings. The molecule has 10 heteroatoms. The van der Waals surface area contributed by atoms with Crippen LogP contribution in [0, 0.1) is 0 Å². The summed E-state index contributed by atoms with van der Waals surface area (Å²) in [7, 11) is 1.16. The lowest BCUT2D eigenvalue weighted by atomic mass is 10.0. The number of allylic oxidation sites excluding steroid dienone is 4. The standard InChI is InChI=1S/C52H100NO8P/c1-6-8-10-12-14-16-18-20-22-23-24-25-26-27-28-29-31-33-35-37-39-41-43-45-52(55)61-50(49-60-62(56,57)59-47-46-53(3,4)5)48-58-51(54)44-42-40-38-36-34-32-30-21-19-17-15-13-11-9-7-2/h17,19,37,39,50H,6-16,18,20-36,38,40-49H2,1-5H3/b19-17+,39-37+/t50-/m1/s1. The van der Waals surface area contributed by atoms with E-state index in [2.05, 4.69) is 38.2 Å². The van der Waals surface area contributed by atoms with Crippen molar-refractivity contribution in [1.82, 2.24) is 0 Å². The third-order valence-corrected chi connectivity index (χ3v) is 12.4. The average molecular weight is 898 g/mol. The number of ether oxygens (including phenoxy) is 2. The second-order valence-corrected chi connectivity index (χ2v) is 20.3. The van der Waals surface area contributed by atoms with Gasteiger partial charge in [-0.25, -0.2) is 0 Å². The Kier molecular flexibility index (Phi) is 43.6. The molecular weight excluding hydrogens is 798 g/mol. The van der Waals surface area contributed by atoms with E-state index in [1.807, 2.05) is 21.1 Å². The molecule has 0 radical (unpaired) electrons. The lowest BCUT2D eigenvalue weighted by molar-refractivity contribution is -0.870. The molecule has 0 aromatic heterocycles. The number of unbranched alkanes of at least 4 members (excludes halogenated alkanes) is 30. The fraction of sp³-hybridized carbons (Fsp3) is 0.885. The smallest absolute Gasteiger partial charge is 0.306 e. The molecule has 2 atom stereocenters. The summed E-state index contributed by atoms with van der Waals surface area (Å²) in [6, 6.07) is 0. The van der Waals surface area contributed by atoms with Gasteiger partial charge in [-0.2, -0.15) is 0 Å². The molecular formula is C52H100NO8P. The SMILES string of the molecule is CCCCCC/C=C/CCCCCCCCCC(=O)OC[C@H](COP(=O)([O-])OCC[N+](C)(C)C)OC(=O)CCC/C=C/CCCCCCCCCCCCCCCCCCCC. The molecule has 0 aromatic carbocycles. The van der Waals surface area contributed by atoms with Gasteiger partial charge >= 0.3 is 11.9 Å². The number of phosphoric acid groups is 1. The second-order valence-electron chi connectivity index (χ2n) is 18.9. The first-order chi connectivity index (χ1) is 30.0. The van der Waals surface area contributed by atoms with Gasteiger partial charge in [0.2, 0.25) is 0 Å². The molecule has 366 valence electrons. The zero-order valence-corrected chi connectivity index (χ0v) is 42.2.